The molecular formula is C29H38F2N2O3S. The first-order valence-electron chi connectivity index (χ1n) is 13.1. The van der Waals surface area contributed by atoms with Crippen molar-refractivity contribution in [3.63, 3.8) is 0 Å². The molecule has 0 aliphatic heterocycles. The summed E-state index contributed by atoms with van der Waals surface area (Å²) in [5.41, 5.74) is 4.08. The summed E-state index contributed by atoms with van der Waals surface area (Å²) in [5.74, 6) is -3.59. The topological polar surface area (TPSA) is 69.6 Å². The molecular weight excluding hydrogens is 494 g/mol. The lowest BCUT2D eigenvalue weighted by Crippen LogP contribution is -2.41. The van der Waals surface area contributed by atoms with Crippen LogP contribution in [-0.2, 0) is 11.3 Å². The number of nitrogens with one attached hydrogen (secondary N) is 1. The minimum atomic E-state index is -2.58. The molecule has 37 heavy (non-hydrogen) atoms. The zero-order valence-corrected chi connectivity index (χ0v) is 22.5. The molecule has 0 heterocycles. The van der Waals surface area contributed by atoms with Gasteiger partial charge in [0.2, 0.25) is 0 Å². The summed E-state index contributed by atoms with van der Waals surface area (Å²) in [5, 5.41) is 12.1. The number of carbonyl (C=O) groups is 2. The van der Waals surface area contributed by atoms with E-state index in [9.17, 15) is 23.5 Å². The van der Waals surface area contributed by atoms with Gasteiger partial charge in [-0.2, -0.15) is 8.78 Å². The van der Waals surface area contributed by atoms with Crippen LogP contribution in [0.5, 0.6) is 0 Å². The molecule has 1 saturated carbocycles. The van der Waals surface area contributed by atoms with E-state index < -0.39 is 23.7 Å². The molecule has 2 N–H and O–H groups in total. The first-order valence-corrected chi connectivity index (χ1v) is 14.1. The van der Waals surface area contributed by atoms with E-state index in [1.807, 2.05) is 43.3 Å². The van der Waals surface area contributed by atoms with Gasteiger partial charge in [0.15, 0.2) is 0 Å². The van der Waals surface area contributed by atoms with E-state index in [-0.39, 0.29) is 12.2 Å². The summed E-state index contributed by atoms with van der Waals surface area (Å²) < 4.78 is 25.0. The van der Waals surface area contributed by atoms with Gasteiger partial charge in [0, 0.05) is 17.9 Å². The summed E-state index contributed by atoms with van der Waals surface area (Å²) >= 11 is 0.370. The van der Waals surface area contributed by atoms with Crippen molar-refractivity contribution in [2.75, 3.05) is 19.3 Å². The number of aliphatic carboxylic acids is 1. The first kappa shape index (κ1) is 29.1. The zero-order chi connectivity index (χ0) is 26.8. The number of carboxylic acid groups (broad SMARTS) is 1. The fraction of sp³-hybridized carbons (Fsp3) is 0.517. The highest BCUT2D eigenvalue weighted by atomic mass is 32.2. The highest BCUT2D eigenvalue weighted by Crippen LogP contribution is 2.30. The largest absolute Gasteiger partial charge is 0.480 e. The van der Waals surface area contributed by atoms with Crippen molar-refractivity contribution in [2.45, 2.75) is 70.2 Å². The Labute approximate surface area is 223 Å². The van der Waals surface area contributed by atoms with Crippen molar-refractivity contribution >= 4 is 23.6 Å². The van der Waals surface area contributed by atoms with Crippen LogP contribution in [0.2, 0.25) is 0 Å². The maximum absolute atomic E-state index is 13.2. The number of nitrogens with zero attached hydrogens (tertiary/aromatic N) is 1. The van der Waals surface area contributed by atoms with Crippen LogP contribution in [0.25, 0.3) is 11.1 Å². The second-order valence-corrected chi connectivity index (χ2v) is 11.1. The number of aryl methyl sites for hydroxylation is 1. The molecule has 1 aliphatic rings. The molecule has 0 radical (unpaired) electrons. The quantitative estimate of drug-likeness (QED) is 0.304. The summed E-state index contributed by atoms with van der Waals surface area (Å²) in [6.07, 6.45) is 7.80. The fourth-order valence-corrected chi connectivity index (χ4v) is 5.57. The number of alkyl halides is 2. The van der Waals surface area contributed by atoms with Gasteiger partial charge in [-0.25, -0.2) is 4.79 Å². The third-order valence-electron chi connectivity index (χ3n) is 7.11. The number of benzene rings is 2. The Bertz CT molecular complexity index is 1040. The van der Waals surface area contributed by atoms with Gasteiger partial charge in [-0.3, -0.25) is 4.79 Å². The molecule has 1 aliphatic carbocycles. The third kappa shape index (κ3) is 9.11. The van der Waals surface area contributed by atoms with Crippen LogP contribution in [0.15, 0.2) is 42.5 Å². The van der Waals surface area contributed by atoms with Gasteiger partial charge in [0.1, 0.15) is 6.04 Å². The van der Waals surface area contributed by atoms with Gasteiger partial charge in [-0.05, 0) is 73.7 Å². The second kappa shape index (κ2) is 14.5. The van der Waals surface area contributed by atoms with E-state index in [4.69, 9.17) is 0 Å². The van der Waals surface area contributed by atoms with Crippen molar-refractivity contribution in [2.24, 2.45) is 5.92 Å². The van der Waals surface area contributed by atoms with Crippen molar-refractivity contribution in [3.05, 3.63) is 59.2 Å². The van der Waals surface area contributed by atoms with E-state index in [0.29, 0.717) is 17.3 Å². The van der Waals surface area contributed by atoms with E-state index in [1.165, 1.54) is 38.5 Å². The monoisotopic (exact) mass is 532 g/mol. The lowest BCUT2D eigenvalue weighted by molar-refractivity contribution is -0.139. The number of carbonyl (C=O) groups excluding carboxylic acids is 1. The van der Waals surface area contributed by atoms with Crippen LogP contribution < -0.4 is 5.32 Å². The molecule has 1 fully saturated rings. The molecule has 0 bridgehead atoms. The summed E-state index contributed by atoms with van der Waals surface area (Å²) in [6, 6.07) is 12.2. The Morgan fingerprint density at radius 1 is 1.11 bits per heavy atom. The van der Waals surface area contributed by atoms with Gasteiger partial charge in [0.25, 0.3) is 11.7 Å². The Balaban J connectivity index is 1.77. The van der Waals surface area contributed by atoms with Crippen LogP contribution in [0.4, 0.5) is 8.78 Å². The molecule has 0 aromatic heterocycles. The molecule has 3 rings (SSSR count). The van der Waals surface area contributed by atoms with Crippen LogP contribution in [0.1, 0.15) is 66.4 Å². The van der Waals surface area contributed by atoms with Crippen molar-refractivity contribution in [1.29, 1.82) is 0 Å². The normalized spacial score (nSPS) is 15.2. The third-order valence-corrected chi connectivity index (χ3v) is 7.84. The molecule has 1 amide bonds. The predicted molar refractivity (Wildman–Crippen MR) is 146 cm³/mol. The standard InChI is InChI=1S/C29H38F2N2O3S/c1-20-8-6-7-11-23(20)25-18-22(19-33(2)16-14-21-9-4-3-5-10-21)12-13-24(25)27(34)32-26(28(35)36)15-17-37-29(30)31/h6-8,11-13,18,21,26,29H,3-5,9-10,14-17,19H2,1-2H3,(H,32,34)(H,35,36). The molecule has 8 heteroatoms. The van der Waals surface area contributed by atoms with Gasteiger partial charge in [-0.1, -0.05) is 74.2 Å². The van der Waals surface area contributed by atoms with Gasteiger partial charge in [-0.15, -0.1) is 0 Å². The minimum absolute atomic E-state index is 0.0638. The van der Waals surface area contributed by atoms with Crippen LogP contribution in [0, 0.1) is 12.8 Å². The van der Waals surface area contributed by atoms with Crippen molar-refractivity contribution < 1.29 is 23.5 Å². The molecule has 1 atom stereocenters. The molecule has 2 aromatic rings. The fourth-order valence-electron chi connectivity index (χ4n) is 5.02. The van der Waals surface area contributed by atoms with E-state index in [0.717, 1.165) is 41.3 Å². The second-order valence-electron chi connectivity index (χ2n) is 10.0. The lowest BCUT2D eigenvalue weighted by atomic mass is 9.87. The number of rotatable bonds is 13. The number of halogens is 2. The maximum atomic E-state index is 13.2. The number of hydrogen-bond donors (Lipinski definition) is 2. The van der Waals surface area contributed by atoms with E-state index >= 15 is 0 Å². The predicted octanol–water partition coefficient (Wildman–Crippen LogP) is 6.59. The van der Waals surface area contributed by atoms with Gasteiger partial charge >= 0.3 is 5.97 Å². The summed E-state index contributed by atoms with van der Waals surface area (Å²) in [6.45, 7) is 3.74. The highest BCUT2D eigenvalue weighted by Gasteiger charge is 2.23. The molecule has 1 unspecified atom stereocenters. The van der Waals surface area contributed by atoms with Crippen molar-refractivity contribution in [3.8, 4) is 11.1 Å². The molecule has 202 valence electrons. The summed E-state index contributed by atoms with van der Waals surface area (Å²) in [4.78, 5) is 27.2. The number of carboxylic acids is 1. The van der Waals surface area contributed by atoms with E-state index in [2.05, 4.69) is 17.3 Å². The Morgan fingerprint density at radius 3 is 2.51 bits per heavy atom. The SMILES string of the molecule is Cc1ccccc1-c1cc(CN(C)CCC2CCCCC2)ccc1C(=O)NC(CCSC(F)F)C(=O)O. The van der Waals surface area contributed by atoms with Crippen LogP contribution in [0.3, 0.4) is 0 Å². The van der Waals surface area contributed by atoms with Gasteiger partial charge in [0.05, 0.1) is 0 Å². The average Bonchev–Trinajstić information content (AvgIpc) is 2.87. The van der Waals surface area contributed by atoms with Crippen molar-refractivity contribution in [1.82, 2.24) is 10.2 Å². The number of thioether (sulfide) groups is 1. The Morgan fingerprint density at radius 2 is 1.84 bits per heavy atom. The van der Waals surface area contributed by atoms with Crippen LogP contribution in [-0.4, -0.2) is 53.0 Å². The zero-order valence-electron chi connectivity index (χ0n) is 21.7. The summed E-state index contributed by atoms with van der Waals surface area (Å²) in [7, 11) is 2.12. The molecule has 0 spiro atoms. The molecule has 5 nitrogen and oxygen atoms in total. The number of amides is 1. The van der Waals surface area contributed by atoms with Crippen LogP contribution >= 0.6 is 11.8 Å². The molecule has 0 saturated heterocycles. The Kier molecular flexibility index (Phi) is 11.4. The van der Waals surface area contributed by atoms with Gasteiger partial charge < -0.3 is 15.3 Å². The Hall–Kier alpha value is -2.45. The van der Waals surface area contributed by atoms with E-state index in [1.54, 1.807) is 6.07 Å². The average molecular weight is 533 g/mol. The number of hydrogen-bond acceptors (Lipinski definition) is 4. The highest BCUT2D eigenvalue weighted by molar-refractivity contribution is 7.99. The minimum Gasteiger partial charge on any atom is -0.480 e. The maximum Gasteiger partial charge on any atom is 0.326 e. The smallest absolute Gasteiger partial charge is 0.326 e. The molecule has 2 aromatic carbocycles. The lowest BCUT2D eigenvalue weighted by Gasteiger charge is -2.25. The first-order chi connectivity index (χ1) is 17.7.